The lowest BCUT2D eigenvalue weighted by atomic mass is 10.1. The van der Waals surface area contributed by atoms with E-state index in [4.69, 9.17) is 4.74 Å². The summed E-state index contributed by atoms with van der Waals surface area (Å²) in [7, 11) is 1.64. The first-order valence-electron chi connectivity index (χ1n) is 13.1. The first kappa shape index (κ1) is 27.6. The number of anilines is 4. The van der Waals surface area contributed by atoms with E-state index in [-0.39, 0.29) is 29.1 Å². The van der Waals surface area contributed by atoms with Crippen molar-refractivity contribution in [2.24, 2.45) is 0 Å². The van der Waals surface area contributed by atoms with Gasteiger partial charge in [0, 0.05) is 42.9 Å². The molecule has 1 amide bonds. The van der Waals surface area contributed by atoms with Crippen LogP contribution in [-0.2, 0) is 11.3 Å². The number of phenolic OH excluding ortho intramolecular Hbond substituents is 1. The van der Waals surface area contributed by atoms with Crippen LogP contribution in [-0.4, -0.2) is 41.5 Å². The van der Waals surface area contributed by atoms with Crippen LogP contribution in [0.3, 0.4) is 0 Å². The molecule has 0 bridgehead atoms. The van der Waals surface area contributed by atoms with Crippen LogP contribution in [0.1, 0.15) is 34.5 Å². The number of hydrogen-bond donors (Lipinski definition) is 6. The number of aromatic hydroxyl groups is 1. The molecule has 0 aliphatic carbocycles. The lowest BCUT2D eigenvalue weighted by Crippen LogP contribution is -2.37. The summed E-state index contributed by atoms with van der Waals surface area (Å²) < 4.78 is 5.04. The number of nitrogens with zero attached hydrogens (tertiary/aromatic N) is 1. The van der Waals surface area contributed by atoms with Gasteiger partial charge >= 0.3 is 0 Å². The number of phenols is 1. The van der Waals surface area contributed by atoms with Crippen LogP contribution < -0.4 is 32.1 Å². The fraction of sp³-hybridized carbons (Fsp3) is 0.200. The summed E-state index contributed by atoms with van der Waals surface area (Å²) >= 11 is 0. The van der Waals surface area contributed by atoms with Gasteiger partial charge in [0.1, 0.15) is 17.1 Å². The van der Waals surface area contributed by atoms with Crippen molar-refractivity contribution in [1.29, 1.82) is 0 Å². The zero-order chi connectivity index (χ0) is 28.9. The van der Waals surface area contributed by atoms with Gasteiger partial charge in [0.05, 0.1) is 12.1 Å². The summed E-state index contributed by atoms with van der Waals surface area (Å²) in [5, 5.41) is 29.8. The van der Waals surface area contributed by atoms with Gasteiger partial charge in [-0.3, -0.25) is 19.5 Å². The van der Waals surface area contributed by atoms with E-state index in [0.29, 0.717) is 47.7 Å². The highest BCUT2D eigenvalue weighted by Gasteiger charge is 2.23. The molecule has 41 heavy (non-hydrogen) atoms. The summed E-state index contributed by atoms with van der Waals surface area (Å²) in [5.41, 5.74) is 2.50. The number of hydrogen-bond acceptors (Lipinski definition) is 9. The fourth-order valence-corrected chi connectivity index (χ4v) is 4.48. The Balaban J connectivity index is 1.31. The predicted octanol–water partition coefficient (Wildman–Crippen LogP) is 3.77. The third-order valence-electron chi connectivity index (χ3n) is 6.71. The van der Waals surface area contributed by atoms with Crippen molar-refractivity contribution >= 4 is 39.7 Å². The molecule has 0 unspecified atom stereocenters. The van der Waals surface area contributed by atoms with Crippen LogP contribution >= 0.6 is 0 Å². The van der Waals surface area contributed by atoms with Crippen molar-refractivity contribution in [2.45, 2.75) is 19.5 Å². The van der Waals surface area contributed by atoms with Gasteiger partial charge in [0.15, 0.2) is 5.82 Å². The number of H-pyrrole nitrogens is 1. The molecule has 1 atom stereocenters. The molecular formula is C30H30N6O5. The molecule has 0 spiro atoms. The molecule has 11 nitrogen and oxygen atoms in total. The van der Waals surface area contributed by atoms with Crippen molar-refractivity contribution in [3.63, 3.8) is 0 Å². The molecule has 0 fully saturated rings. The molecule has 0 radical (unpaired) electrons. The van der Waals surface area contributed by atoms with Gasteiger partial charge in [-0.1, -0.05) is 24.3 Å². The molecule has 5 aromatic rings. The number of benzene rings is 3. The Morgan fingerprint density at radius 1 is 1.02 bits per heavy atom. The predicted molar refractivity (Wildman–Crippen MR) is 159 cm³/mol. The number of fused-ring (bicyclic) bond motifs is 1. The van der Waals surface area contributed by atoms with Gasteiger partial charge in [-0.2, -0.15) is 5.10 Å². The summed E-state index contributed by atoms with van der Waals surface area (Å²) in [4.78, 5) is 37.8. The first-order valence-corrected chi connectivity index (χ1v) is 13.1. The van der Waals surface area contributed by atoms with Crippen LogP contribution in [0, 0.1) is 0 Å². The van der Waals surface area contributed by atoms with Crippen LogP contribution in [0.25, 0.3) is 10.9 Å². The van der Waals surface area contributed by atoms with Gasteiger partial charge in [-0.25, -0.2) is 0 Å². The average Bonchev–Trinajstić information content (AvgIpc) is 3.38. The molecule has 0 saturated heterocycles. The normalized spacial score (nSPS) is 12.0. The lowest BCUT2D eigenvalue weighted by Gasteiger charge is -2.20. The quantitative estimate of drug-likeness (QED) is 0.0998. The second-order valence-electron chi connectivity index (χ2n) is 9.65. The maximum absolute atomic E-state index is 13.0. The molecule has 0 aliphatic rings. The van der Waals surface area contributed by atoms with Crippen molar-refractivity contribution in [3.05, 3.63) is 104 Å². The summed E-state index contributed by atoms with van der Waals surface area (Å²) in [6, 6.07) is 18.9. The number of carbonyl (C=O) groups is 1. The Kier molecular flexibility index (Phi) is 8.09. The topological polar surface area (TPSA) is 157 Å². The smallest absolute Gasteiger partial charge is 0.256 e. The van der Waals surface area contributed by atoms with Gasteiger partial charge in [-0.05, 0) is 60.5 Å². The van der Waals surface area contributed by atoms with Gasteiger partial charge in [-0.15, -0.1) is 0 Å². The highest BCUT2D eigenvalue weighted by atomic mass is 16.5. The summed E-state index contributed by atoms with van der Waals surface area (Å²) in [6.45, 7) is 3.73. The molecule has 0 saturated carbocycles. The van der Waals surface area contributed by atoms with Crippen molar-refractivity contribution in [2.75, 3.05) is 36.2 Å². The number of carbonyl (C=O) groups excluding carboxylic acids is 1. The molecule has 6 N–H and O–H groups in total. The second kappa shape index (κ2) is 12.0. The van der Waals surface area contributed by atoms with Gasteiger partial charge in [0.25, 0.3) is 16.8 Å². The summed E-state index contributed by atoms with van der Waals surface area (Å²) in [6.07, 6.45) is 0. The lowest BCUT2D eigenvalue weighted by molar-refractivity contribution is 0.102. The van der Waals surface area contributed by atoms with E-state index in [1.807, 2.05) is 31.2 Å². The molecule has 5 rings (SSSR count). The Labute approximate surface area is 235 Å². The maximum Gasteiger partial charge on any atom is 0.256 e. The highest BCUT2D eigenvalue weighted by molar-refractivity contribution is 6.08. The van der Waals surface area contributed by atoms with E-state index in [1.54, 1.807) is 49.6 Å². The molecule has 0 aliphatic heterocycles. The monoisotopic (exact) mass is 554 g/mol. The number of nitrogens with one attached hydrogen (secondary N) is 5. The minimum atomic E-state index is -0.631. The average molecular weight is 555 g/mol. The standard InChI is InChI=1S/C30H30N6O5/c1-17(19-6-4-8-22(37)14-19)32-25-26(28(39)27(25)38)33-21-9-10-24-23(15-21)29(36-35-24)34-30(40)20-7-3-5-18(13-20)16-31-11-12-41-2/h3-10,13-15,17,31-33,37H,11-12,16H2,1-2H3,(H2,34,35,36,40)/t17-/m1/s1. The van der Waals surface area contributed by atoms with E-state index in [0.717, 1.165) is 11.1 Å². The second-order valence-corrected chi connectivity index (χ2v) is 9.65. The van der Waals surface area contributed by atoms with Crippen molar-refractivity contribution in [3.8, 4) is 5.75 Å². The zero-order valence-corrected chi connectivity index (χ0v) is 22.6. The van der Waals surface area contributed by atoms with E-state index in [2.05, 4.69) is 31.5 Å². The number of ether oxygens (including phenoxy) is 1. The van der Waals surface area contributed by atoms with Gasteiger partial charge < -0.3 is 31.1 Å². The third kappa shape index (κ3) is 6.11. The number of amides is 1. The number of aromatic amines is 1. The fourth-order valence-electron chi connectivity index (χ4n) is 4.48. The van der Waals surface area contributed by atoms with Crippen LogP contribution in [0.2, 0.25) is 0 Å². The molecule has 1 aromatic heterocycles. The Morgan fingerprint density at radius 3 is 2.63 bits per heavy atom. The third-order valence-corrected chi connectivity index (χ3v) is 6.71. The van der Waals surface area contributed by atoms with Crippen LogP contribution in [0.4, 0.5) is 22.9 Å². The molecule has 1 heterocycles. The number of aromatic nitrogens is 2. The minimum absolute atomic E-state index is 0.110. The molecule has 4 aromatic carbocycles. The largest absolute Gasteiger partial charge is 0.508 e. The highest BCUT2D eigenvalue weighted by Crippen LogP contribution is 2.29. The van der Waals surface area contributed by atoms with Crippen molar-refractivity contribution < 1.29 is 14.6 Å². The number of methoxy groups -OCH3 is 1. The van der Waals surface area contributed by atoms with Crippen LogP contribution in [0.5, 0.6) is 5.75 Å². The SMILES string of the molecule is COCCNCc1cccc(C(=O)Nc2n[nH]c3ccc(Nc4c(N[C@H](C)c5cccc(O)c5)c(=O)c4=O)cc23)c1. The van der Waals surface area contributed by atoms with E-state index in [1.165, 1.54) is 0 Å². The van der Waals surface area contributed by atoms with Crippen molar-refractivity contribution in [1.82, 2.24) is 15.5 Å². The molecular weight excluding hydrogens is 524 g/mol. The van der Waals surface area contributed by atoms with E-state index >= 15 is 0 Å². The Hall–Kier alpha value is -5.00. The van der Waals surface area contributed by atoms with E-state index < -0.39 is 10.9 Å². The minimum Gasteiger partial charge on any atom is -0.508 e. The summed E-state index contributed by atoms with van der Waals surface area (Å²) in [5.74, 6) is 0.127. The zero-order valence-electron chi connectivity index (χ0n) is 22.6. The van der Waals surface area contributed by atoms with Crippen LogP contribution in [0.15, 0.2) is 76.3 Å². The molecule has 11 heteroatoms. The first-order chi connectivity index (χ1) is 19.8. The maximum atomic E-state index is 13.0. The van der Waals surface area contributed by atoms with E-state index in [9.17, 15) is 19.5 Å². The number of rotatable bonds is 12. The molecule has 210 valence electrons. The Bertz CT molecular complexity index is 1770. The van der Waals surface area contributed by atoms with Gasteiger partial charge in [0.2, 0.25) is 0 Å². The Morgan fingerprint density at radius 2 is 1.83 bits per heavy atom.